The smallest absolute Gasteiger partial charge is 0.348 e. The Bertz CT molecular complexity index is 1550. The van der Waals surface area contributed by atoms with Crippen LogP contribution >= 0.6 is 11.3 Å². The van der Waals surface area contributed by atoms with Crippen molar-refractivity contribution in [2.75, 3.05) is 0 Å². The minimum absolute atomic E-state index is 0.103. The lowest BCUT2D eigenvalue weighted by molar-refractivity contribution is 0.492. The lowest BCUT2D eigenvalue weighted by Gasteiger charge is -2.10. The Morgan fingerprint density at radius 1 is 0.844 bits per heavy atom. The second kappa shape index (κ2) is 8.00. The normalized spacial score (nSPS) is 11.3. The number of pyridine rings is 1. The van der Waals surface area contributed by atoms with Gasteiger partial charge in [-0.05, 0) is 34.7 Å². The highest BCUT2D eigenvalue weighted by atomic mass is 32.3. The lowest BCUT2D eigenvalue weighted by atomic mass is 10.0. The van der Waals surface area contributed by atoms with Crippen LogP contribution in [0.5, 0.6) is 5.75 Å². The van der Waals surface area contributed by atoms with Crippen molar-refractivity contribution >= 4 is 27.0 Å². The molecule has 5 rings (SSSR count). The van der Waals surface area contributed by atoms with E-state index in [1.54, 1.807) is 23.6 Å². The van der Waals surface area contributed by atoms with Crippen LogP contribution < -0.4 is 4.18 Å². The van der Waals surface area contributed by atoms with Crippen molar-refractivity contribution in [3.8, 4) is 34.2 Å². The molecule has 0 aliphatic rings. The van der Waals surface area contributed by atoms with Crippen molar-refractivity contribution in [1.29, 1.82) is 5.26 Å². The van der Waals surface area contributed by atoms with Gasteiger partial charge in [0.15, 0.2) is 9.96 Å². The Morgan fingerprint density at radius 3 is 2.16 bits per heavy atom. The third-order valence-corrected chi connectivity index (χ3v) is 7.66. The Morgan fingerprint density at radius 2 is 1.53 bits per heavy atom. The molecule has 0 unspecified atom stereocenters. The first-order valence-electron chi connectivity index (χ1n) is 9.76. The molecule has 0 bridgehead atoms. The number of fused-ring (bicyclic) bond motifs is 1. The van der Waals surface area contributed by atoms with Crippen LogP contribution in [0.3, 0.4) is 0 Å². The van der Waals surface area contributed by atoms with Crippen LogP contribution in [0, 0.1) is 11.3 Å². The summed E-state index contributed by atoms with van der Waals surface area (Å²) in [5.41, 5.74) is 3.76. The highest BCUT2D eigenvalue weighted by Crippen LogP contribution is 2.46. The summed E-state index contributed by atoms with van der Waals surface area (Å²) < 4.78 is 34.0. The van der Waals surface area contributed by atoms with Gasteiger partial charge in [-0.25, -0.2) is 0 Å². The van der Waals surface area contributed by atoms with E-state index in [-0.39, 0.29) is 9.96 Å². The molecule has 3 heterocycles. The van der Waals surface area contributed by atoms with E-state index in [0.717, 1.165) is 28.2 Å². The zero-order valence-electron chi connectivity index (χ0n) is 16.7. The summed E-state index contributed by atoms with van der Waals surface area (Å²) in [6.45, 7) is 0. The van der Waals surface area contributed by atoms with Crippen LogP contribution in [0.15, 0.2) is 101 Å². The first-order valence-corrected chi connectivity index (χ1v) is 12.0. The van der Waals surface area contributed by atoms with Gasteiger partial charge >= 0.3 is 10.1 Å². The number of benzene rings is 2. The van der Waals surface area contributed by atoms with Crippen LogP contribution in [0.2, 0.25) is 0 Å². The quantitative estimate of drug-likeness (QED) is 0.305. The summed E-state index contributed by atoms with van der Waals surface area (Å²) in [6.07, 6.45) is 1.82. The molecule has 0 radical (unpaired) electrons. The molecular weight excluding hydrogens is 440 g/mol. The van der Waals surface area contributed by atoms with Crippen molar-refractivity contribution in [2.45, 2.75) is 4.21 Å². The van der Waals surface area contributed by atoms with Crippen molar-refractivity contribution in [1.82, 2.24) is 4.40 Å². The first-order chi connectivity index (χ1) is 15.6. The molecule has 32 heavy (non-hydrogen) atoms. The van der Waals surface area contributed by atoms with Gasteiger partial charge < -0.3 is 8.58 Å². The van der Waals surface area contributed by atoms with Gasteiger partial charge in [0.1, 0.15) is 11.6 Å². The second-order valence-electron chi connectivity index (χ2n) is 7.01. The third kappa shape index (κ3) is 3.36. The molecule has 0 aliphatic heterocycles. The van der Waals surface area contributed by atoms with Crippen LogP contribution in [-0.4, -0.2) is 12.8 Å². The molecule has 156 valence electrons. The van der Waals surface area contributed by atoms with Gasteiger partial charge in [-0.1, -0.05) is 66.7 Å². The van der Waals surface area contributed by atoms with E-state index in [0.29, 0.717) is 16.6 Å². The van der Waals surface area contributed by atoms with Crippen molar-refractivity contribution in [3.63, 3.8) is 0 Å². The highest BCUT2D eigenvalue weighted by Gasteiger charge is 2.29. The molecule has 7 heteroatoms. The number of thiophene rings is 1. The Hall–Kier alpha value is -3.86. The summed E-state index contributed by atoms with van der Waals surface area (Å²) in [5.74, 6) is 0.139. The predicted octanol–water partition coefficient (Wildman–Crippen LogP) is 5.97. The van der Waals surface area contributed by atoms with E-state index >= 15 is 0 Å². The lowest BCUT2D eigenvalue weighted by Crippen LogP contribution is -2.08. The van der Waals surface area contributed by atoms with Gasteiger partial charge in [0.25, 0.3) is 0 Å². The first kappa shape index (κ1) is 20.1. The fourth-order valence-electron chi connectivity index (χ4n) is 3.75. The van der Waals surface area contributed by atoms with Crippen molar-refractivity contribution in [3.05, 3.63) is 102 Å². The Labute approximate surface area is 189 Å². The molecule has 0 saturated heterocycles. The maximum Gasteiger partial charge on any atom is 0.348 e. The molecule has 0 amide bonds. The topological polar surface area (TPSA) is 71.6 Å². The SMILES string of the molecule is N#Cc1cccn2c(-c3ccccc3)c(-c3ccccc3)c(OS(=O)(=O)c3cccs3)c12. The van der Waals surface area contributed by atoms with E-state index in [9.17, 15) is 13.7 Å². The summed E-state index contributed by atoms with van der Waals surface area (Å²) in [6, 6.07) is 27.9. The zero-order valence-corrected chi connectivity index (χ0v) is 18.3. The average molecular weight is 457 g/mol. The number of rotatable bonds is 5. The fraction of sp³-hybridized carbons (Fsp3) is 0. The molecular formula is C25H16N2O3S2. The molecule has 0 N–H and O–H groups in total. The largest absolute Gasteiger partial charge is 0.375 e. The van der Waals surface area contributed by atoms with Gasteiger partial charge in [0.2, 0.25) is 0 Å². The van der Waals surface area contributed by atoms with Gasteiger partial charge in [0, 0.05) is 6.20 Å². The molecule has 3 aromatic heterocycles. The molecule has 5 aromatic rings. The number of nitriles is 1. The monoisotopic (exact) mass is 456 g/mol. The van der Waals surface area contributed by atoms with Crippen LogP contribution in [0.25, 0.3) is 27.9 Å². The maximum atomic E-state index is 13.1. The van der Waals surface area contributed by atoms with Crippen LogP contribution in [0.1, 0.15) is 5.56 Å². The van der Waals surface area contributed by atoms with E-state index in [1.165, 1.54) is 6.07 Å². The second-order valence-corrected chi connectivity index (χ2v) is 9.73. The minimum atomic E-state index is -4.09. The molecule has 2 aromatic carbocycles. The van der Waals surface area contributed by atoms with E-state index in [4.69, 9.17) is 4.18 Å². The Kier molecular flexibility index (Phi) is 5.02. The van der Waals surface area contributed by atoms with E-state index < -0.39 is 10.1 Å². The van der Waals surface area contributed by atoms with Crippen molar-refractivity contribution in [2.24, 2.45) is 0 Å². The van der Waals surface area contributed by atoms with Gasteiger partial charge in [0.05, 0.1) is 16.8 Å². The third-order valence-electron chi connectivity index (χ3n) is 5.08. The fourth-order valence-corrected chi connectivity index (χ4v) is 5.65. The molecule has 5 nitrogen and oxygen atoms in total. The van der Waals surface area contributed by atoms with Crippen LogP contribution in [-0.2, 0) is 10.1 Å². The standard InChI is InChI=1S/C25H16N2O3S2/c26-17-20-13-7-15-27-23(19-11-5-2-6-12-19)22(18-9-3-1-4-10-18)25(24(20)27)30-32(28,29)21-14-8-16-31-21/h1-16H. The van der Waals surface area contributed by atoms with Gasteiger partial charge in [-0.3, -0.25) is 0 Å². The van der Waals surface area contributed by atoms with E-state index in [2.05, 4.69) is 6.07 Å². The maximum absolute atomic E-state index is 13.1. The number of hydrogen-bond donors (Lipinski definition) is 0. The van der Waals surface area contributed by atoms with Crippen LogP contribution in [0.4, 0.5) is 0 Å². The number of hydrogen-bond acceptors (Lipinski definition) is 5. The summed E-state index contributed by atoms with van der Waals surface area (Å²) in [4.78, 5) is 0. The zero-order chi connectivity index (χ0) is 22.1. The predicted molar refractivity (Wildman–Crippen MR) is 125 cm³/mol. The molecule has 0 aliphatic carbocycles. The average Bonchev–Trinajstić information content (AvgIpc) is 3.48. The minimum Gasteiger partial charge on any atom is -0.375 e. The Balaban J connectivity index is 1.91. The molecule has 0 spiro atoms. The van der Waals surface area contributed by atoms with Gasteiger partial charge in [-0.2, -0.15) is 13.7 Å². The van der Waals surface area contributed by atoms with Gasteiger partial charge in [-0.15, -0.1) is 11.3 Å². The van der Waals surface area contributed by atoms with E-state index in [1.807, 2.05) is 71.3 Å². The molecule has 0 fully saturated rings. The van der Waals surface area contributed by atoms with Crippen molar-refractivity contribution < 1.29 is 12.6 Å². The number of nitrogens with zero attached hydrogens (tertiary/aromatic N) is 2. The molecule has 0 atom stereocenters. The summed E-state index contributed by atoms with van der Waals surface area (Å²) in [5, 5.41) is 11.5. The summed E-state index contributed by atoms with van der Waals surface area (Å²) >= 11 is 1.08. The molecule has 0 saturated carbocycles. The summed E-state index contributed by atoms with van der Waals surface area (Å²) in [7, 11) is -4.09. The number of aromatic nitrogens is 1. The highest BCUT2D eigenvalue weighted by molar-refractivity contribution is 7.89.